The molecule has 1 aromatic carbocycles. The first-order chi connectivity index (χ1) is 10.4. The molecule has 2 aromatic rings. The Morgan fingerprint density at radius 3 is 2.91 bits per heavy atom. The molecule has 0 saturated carbocycles. The second kappa shape index (κ2) is 5.48. The van der Waals surface area contributed by atoms with Gasteiger partial charge < -0.3 is 14.7 Å². The average Bonchev–Trinajstić information content (AvgIpc) is 2.97. The molecule has 2 N–H and O–H groups in total. The quantitative estimate of drug-likeness (QED) is 0.662. The molecule has 0 radical (unpaired) electrons. The molecule has 0 aliphatic carbocycles. The predicted octanol–water partition coefficient (Wildman–Crippen LogP) is 3.44. The lowest BCUT2D eigenvalue weighted by molar-refractivity contribution is -0.136. The summed E-state index contributed by atoms with van der Waals surface area (Å²) in [4.78, 5) is 13.7. The number of nitrogens with one attached hydrogen (secondary N) is 1. The second-order valence-corrected chi connectivity index (χ2v) is 5.99. The van der Waals surface area contributed by atoms with Crippen molar-refractivity contribution in [2.75, 3.05) is 0 Å². The number of nitrogens with zero attached hydrogens (tertiary/aromatic N) is 1. The number of rotatable bonds is 3. The number of halogens is 3. The van der Waals surface area contributed by atoms with E-state index in [0.29, 0.717) is 29.1 Å². The minimum Gasteiger partial charge on any atom is -0.481 e. The summed E-state index contributed by atoms with van der Waals surface area (Å²) in [6, 6.07) is 2.31. The fraction of sp³-hybridized carbons (Fsp3) is 0.286. The van der Waals surface area contributed by atoms with E-state index in [4.69, 9.17) is 28.9 Å². The molecule has 1 unspecified atom stereocenters. The van der Waals surface area contributed by atoms with Gasteiger partial charge in [-0.15, -0.1) is 0 Å². The highest BCUT2D eigenvalue weighted by Gasteiger charge is 2.31. The summed E-state index contributed by atoms with van der Waals surface area (Å²) in [5.41, 5.74) is 1.07. The van der Waals surface area contributed by atoms with Crippen LogP contribution in [0.2, 0.25) is 5.02 Å². The second-order valence-electron chi connectivity index (χ2n) is 5.19. The first-order valence-electron chi connectivity index (χ1n) is 6.54. The molecule has 116 valence electrons. The summed E-state index contributed by atoms with van der Waals surface area (Å²) >= 11 is 10.9. The van der Waals surface area contributed by atoms with Gasteiger partial charge in [-0.05, 0) is 30.8 Å². The third kappa shape index (κ3) is 2.44. The van der Waals surface area contributed by atoms with Crippen LogP contribution in [-0.2, 0) is 24.2 Å². The van der Waals surface area contributed by atoms with Crippen molar-refractivity contribution >= 4 is 29.8 Å². The minimum atomic E-state index is -0.997. The molecule has 0 fully saturated rings. The molecule has 1 aliphatic heterocycles. The summed E-state index contributed by atoms with van der Waals surface area (Å²) in [7, 11) is 0. The van der Waals surface area contributed by atoms with Crippen LogP contribution in [0, 0.1) is 16.4 Å². The zero-order valence-corrected chi connectivity index (χ0v) is 12.8. The number of carboxylic acid groups (broad SMARTS) is 1. The summed E-state index contributed by atoms with van der Waals surface area (Å²) in [6.45, 7) is 0.290. The monoisotopic (exact) mass is 344 g/mol. The number of fused-ring (bicyclic) bond motifs is 1. The van der Waals surface area contributed by atoms with Gasteiger partial charge in [0.25, 0.3) is 0 Å². The Morgan fingerprint density at radius 2 is 2.23 bits per heavy atom. The van der Waals surface area contributed by atoms with E-state index >= 15 is 0 Å². The number of hydrogen-bond donors (Lipinski definition) is 2. The highest BCUT2D eigenvalue weighted by molar-refractivity contribution is 7.71. The van der Waals surface area contributed by atoms with E-state index in [0.717, 1.165) is 6.07 Å². The van der Waals surface area contributed by atoms with Crippen molar-refractivity contribution in [1.29, 1.82) is 0 Å². The summed E-state index contributed by atoms with van der Waals surface area (Å²) in [5.74, 6) is -2.89. The zero-order chi connectivity index (χ0) is 16.0. The Balaban J connectivity index is 2.01. The Morgan fingerprint density at radius 1 is 1.50 bits per heavy atom. The lowest BCUT2D eigenvalue weighted by Crippen LogP contribution is -2.08. The first kappa shape index (κ1) is 15.2. The number of aromatic amines is 1. The van der Waals surface area contributed by atoms with Gasteiger partial charge in [0, 0.05) is 29.4 Å². The summed E-state index contributed by atoms with van der Waals surface area (Å²) < 4.78 is 30.2. The fourth-order valence-corrected chi connectivity index (χ4v) is 3.38. The third-order valence-corrected chi connectivity index (χ3v) is 4.45. The lowest BCUT2D eigenvalue weighted by Gasteiger charge is -2.13. The molecule has 8 heteroatoms. The topological polar surface area (TPSA) is 58.0 Å². The van der Waals surface area contributed by atoms with E-state index < -0.39 is 23.5 Å². The van der Waals surface area contributed by atoms with Crippen LogP contribution in [0.1, 0.15) is 22.9 Å². The van der Waals surface area contributed by atoms with E-state index in [2.05, 4.69) is 4.98 Å². The fourth-order valence-electron chi connectivity index (χ4n) is 2.91. The van der Waals surface area contributed by atoms with Crippen LogP contribution in [-0.4, -0.2) is 20.6 Å². The van der Waals surface area contributed by atoms with Gasteiger partial charge in [-0.2, -0.15) is 0 Å². The van der Waals surface area contributed by atoms with Crippen molar-refractivity contribution in [2.24, 2.45) is 0 Å². The van der Waals surface area contributed by atoms with Crippen LogP contribution in [0.15, 0.2) is 12.1 Å². The number of benzene rings is 1. The highest BCUT2D eigenvalue weighted by Crippen LogP contribution is 2.36. The van der Waals surface area contributed by atoms with Crippen LogP contribution in [0.5, 0.6) is 0 Å². The molecule has 1 atom stereocenters. The smallest absolute Gasteiger partial charge is 0.309 e. The molecule has 22 heavy (non-hydrogen) atoms. The number of hydrogen-bond acceptors (Lipinski definition) is 2. The van der Waals surface area contributed by atoms with Gasteiger partial charge in [0.05, 0.1) is 11.4 Å². The van der Waals surface area contributed by atoms with E-state index in [-0.39, 0.29) is 17.0 Å². The number of H-pyrrole nitrogens is 1. The van der Waals surface area contributed by atoms with Gasteiger partial charge in [0.2, 0.25) is 0 Å². The molecular weight excluding hydrogens is 334 g/mol. The number of aliphatic carboxylic acids is 1. The molecule has 0 spiro atoms. The highest BCUT2D eigenvalue weighted by atomic mass is 35.5. The maximum Gasteiger partial charge on any atom is 0.309 e. The van der Waals surface area contributed by atoms with Crippen LogP contribution in [0.4, 0.5) is 8.78 Å². The number of aromatic nitrogens is 2. The van der Waals surface area contributed by atoms with Crippen LogP contribution < -0.4 is 0 Å². The normalized spacial score (nSPS) is 16.8. The molecule has 0 amide bonds. The minimum absolute atomic E-state index is 0.0770. The maximum absolute atomic E-state index is 14.1. The van der Waals surface area contributed by atoms with Gasteiger partial charge in [-0.25, -0.2) is 8.78 Å². The van der Waals surface area contributed by atoms with E-state index in [1.54, 1.807) is 4.57 Å². The van der Waals surface area contributed by atoms with Crippen molar-refractivity contribution in [1.82, 2.24) is 9.55 Å². The molecule has 0 bridgehead atoms. The Bertz CT molecular complexity index is 831. The average molecular weight is 345 g/mol. The van der Waals surface area contributed by atoms with Gasteiger partial charge in [0.15, 0.2) is 4.77 Å². The molecule has 0 saturated heterocycles. The third-order valence-electron chi connectivity index (χ3n) is 3.84. The van der Waals surface area contributed by atoms with Gasteiger partial charge in [-0.1, -0.05) is 11.6 Å². The zero-order valence-electron chi connectivity index (χ0n) is 11.2. The SMILES string of the molecule is O=C(O)Cc1[nH]c(=S)n2c1CC(c1c(F)ccc(Cl)c1F)C2. The number of carboxylic acids is 1. The van der Waals surface area contributed by atoms with Crippen molar-refractivity contribution in [2.45, 2.75) is 25.3 Å². The summed E-state index contributed by atoms with van der Waals surface area (Å²) in [6.07, 6.45) is 0.100. The van der Waals surface area contributed by atoms with Crippen molar-refractivity contribution in [3.63, 3.8) is 0 Å². The molecule has 1 aliphatic rings. The van der Waals surface area contributed by atoms with E-state index in [1.807, 2.05) is 0 Å². The standard InChI is InChI=1S/C14H11ClF2N2O2S/c15-7-1-2-8(16)12(13(7)17)6-3-10-9(4-11(20)21)18-14(22)19(10)5-6/h1-2,6H,3-5H2,(H,18,22)(H,20,21). The van der Waals surface area contributed by atoms with Crippen LogP contribution in [0.3, 0.4) is 0 Å². The van der Waals surface area contributed by atoms with Gasteiger partial charge in [0.1, 0.15) is 11.6 Å². The number of carbonyl (C=O) groups is 1. The van der Waals surface area contributed by atoms with Crippen molar-refractivity contribution in [3.05, 3.63) is 50.5 Å². The molecular formula is C14H11ClF2N2O2S. The first-order valence-corrected chi connectivity index (χ1v) is 7.32. The molecule has 1 aromatic heterocycles. The Kier molecular flexibility index (Phi) is 3.78. The Labute approximate surface area is 134 Å². The van der Waals surface area contributed by atoms with E-state index in [9.17, 15) is 13.6 Å². The van der Waals surface area contributed by atoms with Crippen molar-refractivity contribution < 1.29 is 18.7 Å². The molecule has 4 nitrogen and oxygen atoms in total. The number of imidazole rings is 1. The van der Waals surface area contributed by atoms with Crippen LogP contribution in [0.25, 0.3) is 0 Å². The predicted molar refractivity (Wildman–Crippen MR) is 78.8 cm³/mol. The van der Waals surface area contributed by atoms with Crippen molar-refractivity contribution in [3.8, 4) is 0 Å². The Hall–Kier alpha value is -1.73. The maximum atomic E-state index is 14.1. The van der Waals surface area contributed by atoms with Gasteiger partial charge in [-0.3, -0.25) is 4.79 Å². The summed E-state index contributed by atoms with van der Waals surface area (Å²) in [5, 5.41) is 8.78. The largest absolute Gasteiger partial charge is 0.481 e. The lowest BCUT2D eigenvalue weighted by atomic mass is 9.95. The molecule has 3 rings (SSSR count). The van der Waals surface area contributed by atoms with Gasteiger partial charge >= 0.3 is 5.97 Å². The van der Waals surface area contributed by atoms with Crippen LogP contribution >= 0.6 is 23.8 Å². The molecule has 2 heterocycles. The van der Waals surface area contributed by atoms with E-state index in [1.165, 1.54) is 6.07 Å².